The van der Waals surface area contributed by atoms with Gasteiger partial charge in [0.15, 0.2) is 0 Å². The van der Waals surface area contributed by atoms with Crippen LogP contribution in [0.4, 0.5) is 0 Å². The van der Waals surface area contributed by atoms with Gasteiger partial charge in [0, 0.05) is 11.3 Å². The third kappa shape index (κ3) is 2.51. The summed E-state index contributed by atoms with van der Waals surface area (Å²) in [6.45, 7) is 7.78. The Kier molecular flexibility index (Phi) is 2.99. The van der Waals surface area contributed by atoms with Crippen molar-refractivity contribution >= 4 is 16.8 Å². The van der Waals surface area contributed by atoms with Crippen LogP contribution in [0.1, 0.15) is 40.0 Å². The summed E-state index contributed by atoms with van der Waals surface area (Å²) in [4.78, 5) is 4.39. The van der Waals surface area contributed by atoms with Crippen LogP contribution in [-0.2, 0) is 0 Å². The summed E-state index contributed by atoms with van der Waals surface area (Å²) in [5, 5.41) is 1.27. The monoisotopic (exact) mass is 171 g/mol. The smallest absolute Gasteiger partial charge is 0.0650 e. The maximum absolute atomic E-state index is 4.39. The Hall–Kier alpha value is 0.0200. The zero-order chi connectivity index (χ0) is 8.32. The molecule has 64 valence electrons. The lowest BCUT2D eigenvalue weighted by atomic mass is 10.0. The van der Waals surface area contributed by atoms with E-state index in [0.29, 0.717) is 4.75 Å². The number of thioether (sulfide) groups is 1. The summed E-state index contributed by atoms with van der Waals surface area (Å²) >= 11 is 1.96. The van der Waals surface area contributed by atoms with Crippen molar-refractivity contribution in [2.45, 2.75) is 44.8 Å². The largest absolute Gasteiger partial charge is 0.283 e. The first-order chi connectivity index (χ1) is 5.16. The summed E-state index contributed by atoms with van der Waals surface area (Å²) in [6, 6.07) is 0. The molecular formula is C9H17NS. The molecule has 0 saturated carbocycles. The molecule has 1 heterocycles. The second kappa shape index (κ2) is 3.61. The minimum absolute atomic E-state index is 0.487. The second-order valence-corrected chi connectivity index (χ2v) is 5.23. The average molecular weight is 171 g/mol. The summed E-state index contributed by atoms with van der Waals surface area (Å²) < 4.78 is 0.487. The summed E-state index contributed by atoms with van der Waals surface area (Å²) in [7, 11) is 0. The van der Waals surface area contributed by atoms with Crippen molar-refractivity contribution in [3.8, 4) is 0 Å². The molecule has 1 rings (SSSR count). The number of hydrogen-bond donors (Lipinski definition) is 0. The molecule has 0 saturated heterocycles. The minimum atomic E-state index is 0.487. The van der Waals surface area contributed by atoms with Gasteiger partial charge in [-0.05, 0) is 26.7 Å². The predicted octanol–water partition coefficient (Wildman–Crippen LogP) is 3.10. The van der Waals surface area contributed by atoms with Gasteiger partial charge in [-0.2, -0.15) is 0 Å². The maximum Gasteiger partial charge on any atom is 0.0650 e. The first kappa shape index (κ1) is 9.11. The van der Waals surface area contributed by atoms with Crippen LogP contribution in [0.3, 0.4) is 0 Å². The van der Waals surface area contributed by atoms with Gasteiger partial charge in [-0.3, -0.25) is 4.99 Å². The van der Waals surface area contributed by atoms with Crippen molar-refractivity contribution in [1.82, 2.24) is 0 Å². The Morgan fingerprint density at radius 1 is 1.64 bits per heavy atom. The quantitative estimate of drug-likeness (QED) is 0.622. The molecule has 2 heteroatoms. The molecule has 0 fully saturated rings. The fourth-order valence-corrected chi connectivity index (χ4v) is 2.96. The molecule has 0 N–H and O–H groups in total. The van der Waals surface area contributed by atoms with Crippen molar-refractivity contribution in [1.29, 1.82) is 0 Å². The highest BCUT2D eigenvalue weighted by molar-refractivity contribution is 8.15. The molecule has 1 atom stereocenters. The van der Waals surface area contributed by atoms with Gasteiger partial charge in [0.2, 0.25) is 0 Å². The summed E-state index contributed by atoms with van der Waals surface area (Å²) in [6.07, 6.45) is 3.87. The number of nitrogens with zero attached hydrogens (tertiary/aromatic N) is 1. The fourth-order valence-electron chi connectivity index (χ4n) is 1.59. The van der Waals surface area contributed by atoms with Gasteiger partial charge in [-0.15, -0.1) is 11.8 Å². The predicted molar refractivity (Wildman–Crippen MR) is 53.5 cm³/mol. The first-order valence-electron chi connectivity index (χ1n) is 4.36. The van der Waals surface area contributed by atoms with E-state index in [9.17, 15) is 0 Å². The highest BCUT2D eigenvalue weighted by Crippen LogP contribution is 2.36. The molecule has 1 aliphatic heterocycles. The normalized spacial score (nSPS) is 31.7. The lowest BCUT2D eigenvalue weighted by molar-refractivity contribution is 0.541. The lowest BCUT2D eigenvalue weighted by Crippen LogP contribution is -2.26. The van der Waals surface area contributed by atoms with Gasteiger partial charge in [0.1, 0.15) is 0 Å². The zero-order valence-corrected chi connectivity index (χ0v) is 8.50. The van der Waals surface area contributed by atoms with E-state index in [-0.39, 0.29) is 0 Å². The summed E-state index contributed by atoms with van der Waals surface area (Å²) in [5.41, 5.74) is 0. The molecule has 0 bridgehead atoms. The molecule has 1 nitrogen and oxygen atoms in total. The van der Waals surface area contributed by atoms with Crippen molar-refractivity contribution in [3.63, 3.8) is 0 Å². The number of aliphatic imine (C=N–C) groups is 1. The molecule has 11 heavy (non-hydrogen) atoms. The molecule has 0 radical (unpaired) electrons. The number of hydrogen-bond acceptors (Lipinski definition) is 2. The van der Waals surface area contributed by atoms with Crippen molar-refractivity contribution in [2.75, 3.05) is 6.54 Å². The van der Waals surface area contributed by atoms with Gasteiger partial charge in [0.25, 0.3) is 0 Å². The third-order valence-electron chi connectivity index (χ3n) is 2.15. The van der Waals surface area contributed by atoms with E-state index >= 15 is 0 Å². The Bertz CT molecular complexity index is 165. The number of rotatable bonds is 2. The van der Waals surface area contributed by atoms with Gasteiger partial charge < -0.3 is 0 Å². The van der Waals surface area contributed by atoms with Crippen LogP contribution in [-0.4, -0.2) is 16.3 Å². The molecular weight excluding hydrogens is 154 g/mol. The minimum Gasteiger partial charge on any atom is -0.283 e. The standard InChI is InChI=1S/C9H17NS/c1-4-5-9(3)6-7-10-8(2)11-9/h4-7H2,1-3H3. The Labute approximate surface area is 73.7 Å². The maximum atomic E-state index is 4.39. The Morgan fingerprint density at radius 3 is 2.91 bits per heavy atom. The third-order valence-corrected chi connectivity index (χ3v) is 3.47. The van der Waals surface area contributed by atoms with E-state index in [1.807, 2.05) is 11.8 Å². The topological polar surface area (TPSA) is 12.4 Å². The Morgan fingerprint density at radius 2 is 2.36 bits per heavy atom. The molecule has 0 aromatic heterocycles. The van der Waals surface area contributed by atoms with Gasteiger partial charge >= 0.3 is 0 Å². The van der Waals surface area contributed by atoms with Crippen LogP contribution >= 0.6 is 11.8 Å². The second-order valence-electron chi connectivity index (χ2n) is 3.45. The lowest BCUT2D eigenvalue weighted by Gasteiger charge is -2.31. The molecule has 0 aromatic carbocycles. The highest BCUT2D eigenvalue weighted by atomic mass is 32.2. The molecule has 0 aromatic rings. The fraction of sp³-hybridized carbons (Fsp3) is 0.889. The first-order valence-corrected chi connectivity index (χ1v) is 5.18. The van der Waals surface area contributed by atoms with E-state index in [0.717, 1.165) is 6.54 Å². The Balaban J connectivity index is 2.53. The van der Waals surface area contributed by atoms with Crippen LogP contribution in [0, 0.1) is 0 Å². The van der Waals surface area contributed by atoms with Crippen LogP contribution in [0.2, 0.25) is 0 Å². The van der Waals surface area contributed by atoms with E-state index in [1.165, 1.54) is 24.3 Å². The van der Waals surface area contributed by atoms with Crippen LogP contribution in [0.25, 0.3) is 0 Å². The summed E-state index contributed by atoms with van der Waals surface area (Å²) in [5.74, 6) is 0. The molecule has 0 spiro atoms. The van der Waals surface area contributed by atoms with Gasteiger partial charge in [0.05, 0.1) is 5.04 Å². The highest BCUT2D eigenvalue weighted by Gasteiger charge is 2.27. The van der Waals surface area contributed by atoms with E-state index in [1.54, 1.807) is 0 Å². The van der Waals surface area contributed by atoms with Crippen molar-refractivity contribution in [2.24, 2.45) is 4.99 Å². The molecule has 1 aliphatic rings. The molecule has 0 aliphatic carbocycles. The van der Waals surface area contributed by atoms with Crippen LogP contribution in [0.5, 0.6) is 0 Å². The van der Waals surface area contributed by atoms with Gasteiger partial charge in [-0.1, -0.05) is 13.3 Å². The van der Waals surface area contributed by atoms with E-state index in [4.69, 9.17) is 0 Å². The van der Waals surface area contributed by atoms with E-state index in [2.05, 4.69) is 25.8 Å². The average Bonchev–Trinajstić information content (AvgIpc) is 1.86. The SMILES string of the molecule is CCCC1(C)CCN=C(C)S1. The van der Waals surface area contributed by atoms with Crippen molar-refractivity contribution in [3.05, 3.63) is 0 Å². The van der Waals surface area contributed by atoms with E-state index < -0.39 is 0 Å². The molecule has 0 amide bonds. The zero-order valence-electron chi connectivity index (χ0n) is 7.68. The van der Waals surface area contributed by atoms with Crippen LogP contribution in [0.15, 0.2) is 4.99 Å². The molecule has 1 unspecified atom stereocenters. The van der Waals surface area contributed by atoms with Gasteiger partial charge in [-0.25, -0.2) is 0 Å². The van der Waals surface area contributed by atoms with Crippen molar-refractivity contribution < 1.29 is 0 Å². The van der Waals surface area contributed by atoms with Crippen LogP contribution < -0.4 is 0 Å².